The van der Waals surface area contributed by atoms with E-state index in [1.165, 1.54) is 24.3 Å². The van der Waals surface area contributed by atoms with Gasteiger partial charge in [0.2, 0.25) is 0 Å². The molecule has 1 amide bonds. The zero-order valence-corrected chi connectivity index (χ0v) is 15.8. The summed E-state index contributed by atoms with van der Waals surface area (Å²) in [6, 6.07) is 21.4. The molecule has 4 aromatic rings. The average molecular weight is 401 g/mol. The Balaban J connectivity index is 1.63. The first-order chi connectivity index (χ1) is 14.6. The number of nitrogens with zero attached hydrogens (tertiary/aromatic N) is 2. The van der Waals surface area contributed by atoms with E-state index in [1.807, 2.05) is 30.3 Å². The van der Waals surface area contributed by atoms with Crippen LogP contribution in [0.3, 0.4) is 0 Å². The van der Waals surface area contributed by atoms with Crippen LogP contribution in [0, 0.1) is 11.6 Å². The summed E-state index contributed by atoms with van der Waals surface area (Å²) in [4.78, 5) is 15.0. The zero-order chi connectivity index (χ0) is 20.7. The fourth-order valence-electron chi connectivity index (χ4n) is 3.95. The number of benzene rings is 3. The molecule has 3 aromatic carbocycles. The van der Waals surface area contributed by atoms with Crippen molar-refractivity contribution >= 4 is 5.91 Å². The van der Waals surface area contributed by atoms with Crippen molar-refractivity contribution in [3.05, 3.63) is 113 Å². The lowest BCUT2D eigenvalue weighted by molar-refractivity contribution is 0.0730. The molecule has 1 N–H and O–H groups in total. The molecular weight excluding hydrogens is 384 g/mol. The van der Waals surface area contributed by atoms with Crippen LogP contribution < -0.4 is 0 Å². The Morgan fingerprint density at radius 1 is 0.867 bits per heavy atom. The largest absolute Gasteiger partial charge is 0.322 e. The van der Waals surface area contributed by atoms with Crippen molar-refractivity contribution in [2.24, 2.45) is 0 Å². The van der Waals surface area contributed by atoms with Gasteiger partial charge in [0.25, 0.3) is 5.91 Å². The predicted molar refractivity (Wildman–Crippen MR) is 109 cm³/mol. The molecular formula is C24H17F2N3O. The lowest BCUT2D eigenvalue weighted by atomic mass is 9.96. The minimum absolute atomic E-state index is 0.196. The molecule has 148 valence electrons. The molecule has 4 nitrogen and oxygen atoms in total. The minimum Gasteiger partial charge on any atom is -0.322 e. The van der Waals surface area contributed by atoms with Crippen LogP contribution in [0.1, 0.15) is 33.2 Å². The van der Waals surface area contributed by atoms with Crippen molar-refractivity contribution in [1.82, 2.24) is 15.1 Å². The summed E-state index contributed by atoms with van der Waals surface area (Å²) >= 11 is 0. The van der Waals surface area contributed by atoms with Crippen LogP contribution in [-0.4, -0.2) is 21.0 Å². The smallest absolute Gasteiger partial charge is 0.273 e. The quantitative estimate of drug-likeness (QED) is 0.517. The predicted octanol–water partition coefficient (Wildman–Crippen LogP) is 5.10. The van der Waals surface area contributed by atoms with Gasteiger partial charge in [-0.05, 0) is 35.4 Å². The Labute approximate surface area is 171 Å². The fourth-order valence-corrected chi connectivity index (χ4v) is 3.95. The number of amides is 1. The molecule has 1 unspecified atom stereocenters. The number of aromatic amines is 1. The summed E-state index contributed by atoms with van der Waals surface area (Å²) in [6.07, 6.45) is 0. The first-order valence-corrected chi connectivity index (χ1v) is 9.56. The molecule has 1 atom stereocenters. The van der Waals surface area contributed by atoms with Gasteiger partial charge in [-0.3, -0.25) is 9.89 Å². The van der Waals surface area contributed by atoms with Gasteiger partial charge in [-0.25, -0.2) is 8.78 Å². The van der Waals surface area contributed by atoms with Crippen LogP contribution in [0.15, 0.2) is 78.9 Å². The molecule has 1 aliphatic rings. The second-order valence-electron chi connectivity index (χ2n) is 7.24. The molecule has 0 spiro atoms. The number of aromatic nitrogens is 2. The number of nitrogens with one attached hydrogen (secondary N) is 1. The van der Waals surface area contributed by atoms with E-state index in [9.17, 15) is 13.6 Å². The second kappa shape index (κ2) is 7.22. The fraction of sp³-hybridized carbons (Fsp3) is 0.0833. The highest BCUT2D eigenvalue weighted by atomic mass is 19.1. The molecule has 0 fully saturated rings. The monoisotopic (exact) mass is 401 g/mol. The number of carbonyl (C=O) groups is 1. The van der Waals surface area contributed by atoms with Crippen molar-refractivity contribution < 1.29 is 13.6 Å². The van der Waals surface area contributed by atoms with E-state index in [1.54, 1.807) is 29.2 Å². The number of hydrogen-bond acceptors (Lipinski definition) is 2. The maximum absolute atomic E-state index is 13.6. The van der Waals surface area contributed by atoms with Gasteiger partial charge in [-0.15, -0.1) is 0 Å². The van der Waals surface area contributed by atoms with Crippen molar-refractivity contribution in [3.8, 4) is 11.3 Å². The number of halogens is 2. The summed E-state index contributed by atoms with van der Waals surface area (Å²) in [5.74, 6) is -0.871. The highest BCUT2D eigenvalue weighted by molar-refractivity contribution is 6.00. The highest BCUT2D eigenvalue weighted by Gasteiger charge is 2.42. The van der Waals surface area contributed by atoms with E-state index in [-0.39, 0.29) is 24.1 Å². The van der Waals surface area contributed by atoms with Gasteiger partial charge in [0.15, 0.2) is 0 Å². The van der Waals surface area contributed by atoms with Crippen LogP contribution in [0.5, 0.6) is 0 Å². The summed E-state index contributed by atoms with van der Waals surface area (Å²) in [5.41, 5.74) is 4.35. The first-order valence-electron chi connectivity index (χ1n) is 9.56. The second-order valence-corrected chi connectivity index (χ2v) is 7.24. The standard InChI is InChI=1S/C24H17F2N3O/c25-18-10-6-15(7-11-18)14-29-23(17-8-12-19(26)13-9-17)20-21(16-4-2-1-3-5-16)27-28-22(20)24(29)30/h1-13,23H,14H2,(H,27,28). The van der Waals surface area contributed by atoms with Gasteiger partial charge < -0.3 is 4.90 Å². The van der Waals surface area contributed by atoms with E-state index in [0.717, 1.165) is 22.3 Å². The van der Waals surface area contributed by atoms with E-state index in [0.29, 0.717) is 11.4 Å². The molecule has 6 heteroatoms. The van der Waals surface area contributed by atoms with Crippen molar-refractivity contribution in [1.29, 1.82) is 0 Å². The van der Waals surface area contributed by atoms with Gasteiger partial charge >= 0.3 is 0 Å². The van der Waals surface area contributed by atoms with Gasteiger partial charge in [0.1, 0.15) is 17.3 Å². The number of hydrogen-bond donors (Lipinski definition) is 1. The topological polar surface area (TPSA) is 49.0 Å². The highest BCUT2D eigenvalue weighted by Crippen LogP contribution is 2.43. The van der Waals surface area contributed by atoms with Crippen LogP contribution in [-0.2, 0) is 6.54 Å². The SMILES string of the molecule is O=C1c2[nH]nc(-c3ccccc3)c2C(c2ccc(F)cc2)N1Cc1ccc(F)cc1. The normalized spacial score (nSPS) is 15.5. The van der Waals surface area contributed by atoms with Gasteiger partial charge in [0.05, 0.1) is 11.7 Å². The molecule has 0 saturated heterocycles. The average Bonchev–Trinajstić information content (AvgIpc) is 3.31. The molecule has 0 aliphatic carbocycles. The Kier molecular flexibility index (Phi) is 4.39. The third-order valence-electron chi connectivity index (χ3n) is 5.36. The summed E-state index contributed by atoms with van der Waals surface area (Å²) in [6.45, 7) is 0.290. The van der Waals surface area contributed by atoms with E-state index in [2.05, 4.69) is 10.2 Å². The lowest BCUT2D eigenvalue weighted by Crippen LogP contribution is -2.29. The van der Waals surface area contributed by atoms with Crippen LogP contribution in [0.25, 0.3) is 11.3 Å². The number of rotatable bonds is 4. The van der Waals surface area contributed by atoms with Crippen LogP contribution >= 0.6 is 0 Å². The lowest BCUT2D eigenvalue weighted by Gasteiger charge is -2.26. The maximum atomic E-state index is 13.6. The Hall–Kier alpha value is -3.80. The van der Waals surface area contributed by atoms with Crippen LogP contribution in [0.4, 0.5) is 8.78 Å². The third kappa shape index (κ3) is 3.06. The number of fused-ring (bicyclic) bond motifs is 1. The Morgan fingerprint density at radius 2 is 1.50 bits per heavy atom. The number of carbonyl (C=O) groups excluding carboxylic acids is 1. The molecule has 0 saturated carbocycles. The molecule has 1 aliphatic heterocycles. The Morgan fingerprint density at radius 3 is 2.17 bits per heavy atom. The first kappa shape index (κ1) is 18.2. The van der Waals surface area contributed by atoms with Crippen LogP contribution in [0.2, 0.25) is 0 Å². The zero-order valence-electron chi connectivity index (χ0n) is 15.8. The van der Waals surface area contributed by atoms with Gasteiger partial charge in [-0.1, -0.05) is 54.6 Å². The maximum Gasteiger partial charge on any atom is 0.273 e. The molecule has 5 rings (SSSR count). The van der Waals surface area contributed by atoms with Gasteiger partial charge in [-0.2, -0.15) is 5.10 Å². The third-order valence-corrected chi connectivity index (χ3v) is 5.36. The molecule has 0 bridgehead atoms. The van der Waals surface area contributed by atoms with Gasteiger partial charge in [0, 0.05) is 17.7 Å². The molecule has 2 heterocycles. The van der Waals surface area contributed by atoms with E-state index in [4.69, 9.17) is 0 Å². The number of H-pyrrole nitrogens is 1. The van der Waals surface area contributed by atoms with Crippen molar-refractivity contribution in [2.75, 3.05) is 0 Å². The molecule has 30 heavy (non-hydrogen) atoms. The van der Waals surface area contributed by atoms with Crippen molar-refractivity contribution in [2.45, 2.75) is 12.6 Å². The van der Waals surface area contributed by atoms with Crippen molar-refractivity contribution in [3.63, 3.8) is 0 Å². The Bertz CT molecular complexity index is 1200. The molecule has 0 radical (unpaired) electrons. The summed E-state index contributed by atoms with van der Waals surface area (Å²) < 4.78 is 26.9. The minimum atomic E-state index is -0.438. The molecule has 1 aromatic heterocycles. The summed E-state index contributed by atoms with van der Waals surface area (Å²) in [7, 11) is 0. The summed E-state index contributed by atoms with van der Waals surface area (Å²) in [5, 5.41) is 7.30. The van der Waals surface area contributed by atoms with E-state index >= 15 is 0 Å². The van der Waals surface area contributed by atoms with E-state index < -0.39 is 6.04 Å².